The van der Waals surface area contributed by atoms with Gasteiger partial charge in [0.15, 0.2) is 0 Å². The lowest BCUT2D eigenvalue weighted by atomic mass is 9.49. The summed E-state index contributed by atoms with van der Waals surface area (Å²) in [6, 6.07) is 0. The van der Waals surface area contributed by atoms with Gasteiger partial charge in [-0.1, -0.05) is 0 Å². The summed E-state index contributed by atoms with van der Waals surface area (Å²) in [4.78, 5) is 14.0. The zero-order chi connectivity index (χ0) is 17.7. The molecule has 1 amide bonds. The smallest absolute Gasteiger partial charge is 0.354 e. The van der Waals surface area contributed by atoms with E-state index < -0.39 is 12.1 Å². The fraction of sp³-hybridized carbons (Fsp3) is 0.947. The predicted molar refractivity (Wildman–Crippen MR) is 88.8 cm³/mol. The van der Waals surface area contributed by atoms with Crippen molar-refractivity contribution >= 4 is 5.91 Å². The Kier molecular flexibility index (Phi) is 4.53. The number of carbonyl (C=O) groups excluding carboxylic acids is 1. The molecule has 1 saturated heterocycles. The van der Waals surface area contributed by atoms with Crippen molar-refractivity contribution in [2.45, 2.75) is 57.5 Å². The van der Waals surface area contributed by atoms with Gasteiger partial charge in [-0.25, -0.2) is 0 Å². The second-order valence-electron chi connectivity index (χ2n) is 9.31. The Balaban J connectivity index is 1.27. The van der Waals surface area contributed by atoms with Crippen LogP contribution in [-0.4, -0.2) is 43.2 Å². The minimum atomic E-state index is -4.14. The fourth-order valence-electron chi connectivity index (χ4n) is 6.52. The Labute approximate surface area is 147 Å². The molecule has 6 heteroatoms. The maximum absolute atomic E-state index is 12.9. The molecule has 1 heterocycles. The van der Waals surface area contributed by atoms with E-state index in [4.69, 9.17) is 0 Å². The molecule has 4 bridgehead atoms. The summed E-state index contributed by atoms with van der Waals surface area (Å²) in [7, 11) is 0. The summed E-state index contributed by atoms with van der Waals surface area (Å²) >= 11 is 0. The van der Waals surface area contributed by atoms with Crippen LogP contribution in [0.15, 0.2) is 0 Å². The third kappa shape index (κ3) is 3.83. The van der Waals surface area contributed by atoms with Gasteiger partial charge in [-0.15, -0.1) is 0 Å². The van der Waals surface area contributed by atoms with Crippen molar-refractivity contribution in [3.63, 3.8) is 0 Å². The maximum Gasteiger partial charge on any atom is 0.393 e. The van der Waals surface area contributed by atoms with Gasteiger partial charge in [-0.05, 0) is 81.1 Å². The number of amides is 1. The number of hydrogen-bond acceptors (Lipinski definition) is 2. The topological polar surface area (TPSA) is 32.3 Å². The lowest BCUT2D eigenvalue weighted by Gasteiger charge is -2.57. The van der Waals surface area contributed by atoms with E-state index in [-0.39, 0.29) is 30.8 Å². The van der Waals surface area contributed by atoms with Gasteiger partial charge in [0, 0.05) is 13.1 Å². The average molecular weight is 358 g/mol. The molecule has 25 heavy (non-hydrogen) atoms. The molecule has 0 aromatic rings. The second kappa shape index (κ2) is 6.43. The number of hydrogen-bond donors (Lipinski definition) is 1. The minimum absolute atomic E-state index is 0.0334. The third-order valence-electron chi connectivity index (χ3n) is 7.16. The molecule has 0 radical (unpaired) electrons. The molecule has 5 rings (SSSR count). The van der Waals surface area contributed by atoms with Crippen molar-refractivity contribution in [3.8, 4) is 0 Å². The van der Waals surface area contributed by atoms with Gasteiger partial charge in [0.25, 0.3) is 0 Å². The number of alkyl halides is 3. The van der Waals surface area contributed by atoms with E-state index in [1.165, 1.54) is 38.5 Å². The van der Waals surface area contributed by atoms with E-state index in [1.807, 2.05) is 0 Å². The number of piperidine rings is 1. The monoisotopic (exact) mass is 358 g/mol. The Morgan fingerprint density at radius 1 is 1.08 bits per heavy atom. The van der Waals surface area contributed by atoms with E-state index in [1.54, 1.807) is 4.90 Å². The highest BCUT2D eigenvalue weighted by atomic mass is 19.4. The van der Waals surface area contributed by atoms with Crippen LogP contribution in [0, 0.1) is 29.1 Å². The zero-order valence-electron chi connectivity index (χ0n) is 14.8. The molecule has 0 aromatic carbocycles. The molecule has 4 aliphatic carbocycles. The highest BCUT2D eigenvalue weighted by molar-refractivity contribution is 5.78. The first-order chi connectivity index (χ1) is 11.8. The summed E-state index contributed by atoms with van der Waals surface area (Å²) < 4.78 is 38.7. The number of likely N-dealkylation sites (tertiary alicyclic amines) is 1. The molecule has 4 saturated carbocycles. The van der Waals surface area contributed by atoms with E-state index in [0.29, 0.717) is 13.0 Å². The molecule has 0 spiro atoms. The highest BCUT2D eigenvalue weighted by Gasteiger charge is 2.50. The van der Waals surface area contributed by atoms with Gasteiger partial charge >= 0.3 is 6.18 Å². The van der Waals surface area contributed by atoms with E-state index in [9.17, 15) is 18.0 Å². The first-order valence-electron chi connectivity index (χ1n) is 9.87. The molecular weight excluding hydrogens is 329 g/mol. The molecule has 1 N–H and O–H groups in total. The Morgan fingerprint density at radius 2 is 1.68 bits per heavy atom. The molecule has 1 unspecified atom stereocenters. The van der Waals surface area contributed by atoms with Crippen LogP contribution in [0.5, 0.6) is 0 Å². The van der Waals surface area contributed by atoms with Crippen LogP contribution in [-0.2, 0) is 4.79 Å². The van der Waals surface area contributed by atoms with Crippen molar-refractivity contribution in [2.24, 2.45) is 29.1 Å². The summed E-state index contributed by atoms with van der Waals surface area (Å²) in [5, 5.41) is 3.08. The van der Waals surface area contributed by atoms with Crippen molar-refractivity contribution < 1.29 is 18.0 Å². The maximum atomic E-state index is 12.9. The van der Waals surface area contributed by atoms with E-state index in [2.05, 4.69) is 5.32 Å². The largest absolute Gasteiger partial charge is 0.393 e. The Bertz CT molecular complexity index is 484. The average Bonchev–Trinajstić information content (AvgIpc) is 2.51. The summed E-state index contributed by atoms with van der Waals surface area (Å²) in [5.74, 6) is 1.16. The molecule has 5 aliphatic rings. The number of carbonyl (C=O) groups is 1. The van der Waals surface area contributed by atoms with Crippen LogP contribution in [0.4, 0.5) is 13.2 Å². The van der Waals surface area contributed by atoms with Crippen LogP contribution in [0.3, 0.4) is 0 Å². The molecule has 3 nitrogen and oxygen atoms in total. The quantitative estimate of drug-likeness (QED) is 0.833. The number of nitrogens with one attached hydrogen (secondary N) is 1. The van der Waals surface area contributed by atoms with Crippen LogP contribution >= 0.6 is 0 Å². The van der Waals surface area contributed by atoms with Crippen molar-refractivity contribution in [1.82, 2.24) is 10.2 Å². The standard InChI is InChI=1S/C19H29F3N2O/c20-19(21,22)16-2-1-3-24(10-16)11-17(25)23-12-18-7-13-4-14(8-18)6-15(5-13)9-18/h13-16H,1-12H2,(H,23,25). The van der Waals surface area contributed by atoms with Gasteiger partial charge < -0.3 is 5.32 Å². The van der Waals surface area contributed by atoms with Crippen LogP contribution in [0.2, 0.25) is 0 Å². The summed E-state index contributed by atoms with van der Waals surface area (Å²) in [6.07, 6.45) is 4.40. The van der Waals surface area contributed by atoms with Gasteiger partial charge in [0.1, 0.15) is 0 Å². The van der Waals surface area contributed by atoms with Crippen molar-refractivity contribution in [1.29, 1.82) is 0 Å². The number of rotatable bonds is 4. The molecule has 142 valence electrons. The van der Waals surface area contributed by atoms with Gasteiger partial charge in [0.05, 0.1) is 12.5 Å². The number of halogens is 3. The van der Waals surface area contributed by atoms with E-state index >= 15 is 0 Å². The highest BCUT2D eigenvalue weighted by Crippen LogP contribution is 2.59. The zero-order valence-corrected chi connectivity index (χ0v) is 14.8. The molecule has 0 aromatic heterocycles. The SMILES string of the molecule is O=C(CN1CCCC(C(F)(F)F)C1)NCC12CC3CC(CC(C3)C1)C2. The molecule has 1 atom stereocenters. The lowest BCUT2D eigenvalue weighted by Crippen LogP contribution is -2.52. The van der Waals surface area contributed by atoms with Crippen LogP contribution < -0.4 is 5.32 Å². The van der Waals surface area contributed by atoms with Gasteiger partial charge in [0.2, 0.25) is 5.91 Å². The Hall–Kier alpha value is -0.780. The van der Waals surface area contributed by atoms with Crippen LogP contribution in [0.1, 0.15) is 51.4 Å². The molecule has 1 aliphatic heterocycles. The van der Waals surface area contributed by atoms with Crippen molar-refractivity contribution in [2.75, 3.05) is 26.2 Å². The normalized spacial score (nSPS) is 41.1. The fourth-order valence-corrected chi connectivity index (χ4v) is 6.52. The molecular formula is C19H29F3N2O. The van der Waals surface area contributed by atoms with Crippen molar-refractivity contribution in [3.05, 3.63) is 0 Å². The van der Waals surface area contributed by atoms with Gasteiger partial charge in [-0.3, -0.25) is 9.69 Å². The van der Waals surface area contributed by atoms with E-state index in [0.717, 1.165) is 24.3 Å². The second-order valence-corrected chi connectivity index (χ2v) is 9.31. The number of nitrogens with zero attached hydrogens (tertiary/aromatic N) is 1. The summed E-state index contributed by atoms with van der Waals surface area (Å²) in [6.45, 7) is 1.40. The lowest BCUT2D eigenvalue weighted by molar-refractivity contribution is -0.187. The van der Waals surface area contributed by atoms with Gasteiger partial charge in [-0.2, -0.15) is 13.2 Å². The first kappa shape index (κ1) is 17.6. The summed E-state index contributed by atoms with van der Waals surface area (Å²) in [5.41, 5.74) is 0.279. The minimum Gasteiger partial charge on any atom is -0.354 e. The third-order valence-corrected chi connectivity index (χ3v) is 7.16. The first-order valence-corrected chi connectivity index (χ1v) is 9.87. The van der Waals surface area contributed by atoms with Crippen LogP contribution in [0.25, 0.3) is 0 Å². The Morgan fingerprint density at radius 3 is 2.24 bits per heavy atom. The predicted octanol–water partition coefficient (Wildman–Crippen LogP) is 3.59. The molecule has 5 fully saturated rings.